The average molecular weight is 268 g/mol. The minimum absolute atomic E-state index is 0.172. The fourth-order valence-electron chi connectivity index (χ4n) is 2.28. The lowest BCUT2D eigenvalue weighted by Gasteiger charge is -2.38. The summed E-state index contributed by atoms with van der Waals surface area (Å²) < 4.78 is 0. The van der Waals surface area contributed by atoms with Crippen molar-refractivity contribution in [1.29, 1.82) is 0 Å². The zero-order valence-electron chi connectivity index (χ0n) is 11.0. The molecule has 0 atom stereocenters. The van der Waals surface area contributed by atoms with E-state index in [0.29, 0.717) is 5.41 Å². The lowest BCUT2D eigenvalue weighted by atomic mass is 9.78. The molecule has 1 N–H and O–H groups in total. The zero-order chi connectivity index (χ0) is 13.2. The Bertz CT molecular complexity index is 422. The van der Waals surface area contributed by atoms with Gasteiger partial charge in [0.05, 0.1) is 6.54 Å². The Kier molecular flexibility index (Phi) is 4.02. The molecule has 4 nitrogen and oxygen atoms in total. The summed E-state index contributed by atoms with van der Waals surface area (Å²) in [7, 11) is 0. The molecule has 100 valence electrons. The Morgan fingerprint density at radius 1 is 1.56 bits per heavy atom. The van der Waals surface area contributed by atoms with Crippen LogP contribution in [0.25, 0.3) is 0 Å². The molecule has 0 amide bonds. The smallest absolute Gasteiger partial charge is 0.355 e. The molecule has 1 saturated heterocycles. The van der Waals surface area contributed by atoms with E-state index in [1.807, 2.05) is 0 Å². The molecule has 1 fully saturated rings. The van der Waals surface area contributed by atoms with Gasteiger partial charge in [0.15, 0.2) is 5.69 Å². The number of thiazole rings is 1. The first-order chi connectivity index (χ1) is 8.52. The van der Waals surface area contributed by atoms with E-state index in [1.165, 1.54) is 30.6 Å². The number of rotatable bonds is 4. The molecular formula is C13H20N2O2S. The van der Waals surface area contributed by atoms with Crippen molar-refractivity contribution in [1.82, 2.24) is 9.88 Å². The first-order valence-corrected chi connectivity index (χ1v) is 7.30. The molecule has 0 aliphatic carbocycles. The van der Waals surface area contributed by atoms with Crippen LogP contribution in [0, 0.1) is 5.41 Å². The van der Waals surface area contributed by atoms with Crippen molar-refractivity contribution in [2.75, 3.05) is 13.1 Å². The highest BCUT2D eigenvalue weighted by Crippen LogP contribution is 2.34. The van der Waals surface area contributed by atoms with Crippen LogP contribution in [0.4, 0.5) is 0 Å². The number of piperidine rings is 1. The Morgan fingerprint density at radius 3 is 2.72 bits per heavy atom. The number of likely N-dealkylation sites (tertiary alicyclic amines) is 1. The van der Waals surface area contributed by atoms with Crippen LogP contribution in [-0.2, 0) is 6.54 Å². The predicted octanol–water partition coefficient (Wildman–Crippen LogP) is 2.85. The third kappa shape index (κ3) is 3.09. The Balaban J connectivity index is 1.89. The van der Waals surface area contributed by atoms with Gasteiger partial charge in [-0.15, -0.1) is 11.3 Å². The molecule has 18 heavy (non-hydrogen) atoms. The quantitative estimate of drug-likeness (QED) is 0.912. The van der Waals surface area contributed by atoms with E-state index in [1.54, 1.807) is 5.38 Å². The fourth-order valence-corrected chi connectivity index (χ4v) is 3.09. The maximum Gasteiger partial charge on any atom is 0.355 e. The lowest BCUT2D eigenvalue weighted by Crippen LogP contribution is -2.37. The minimum atomic E-state index is -0.935. The van der Waals surface area contributed by atoms with Gasteiger partial charge >= 0.3 is 5.97 Å². The van der Waals surface area contributed by atoms with Gasteiger partial charge in [-0.05, 0) is 31.3 Å². The second-order valence-corrected chi connectivity index (χ2v) is 6.31. The first kappa shape index (κ1) is 13.5. The number of carboxylic acids is 1. The summed E-state index contributed by atoms with van der Waals surface area (Å²) in [5, 5.41) is 11.4. The highest BCUT2D eigenvalue weighted by atomic mass is 32.1. The summed E-state index contributed by atoms with van der Waals surface area (Å²) in [5.74, 6) is -0.935. The van der Waals surface area contributed by atoms with Crippen molar-refractivity contribution in [3.63, 3.8) is 0 Å². The van der Waals surface area contributed by atoms with Crippen molar-refractivity contribution < 1.29 is 9.90 Å². The zero-order valence-corrected chi connectivity index (χ0v) is 11.8. The molecule has 0 radical (unpaired) electrons. The molecule has 0 unspecified atom stereocenters. The highest BCUT2D eigenvalue weighted by molar-refractivity contribution is 7.09. The molecule has 1 aliphatic heterocycles. The van der Waals surface area contributed by atoms with Crippen LogP contribution in [0.15, 0.2) is 5.38 Å². The van der Waals surface area contributed by atoms with Gasteiger partial charge in [-0.3, -0.25) is 4.90 Å². The van der Waals surface area contributed by atoms with Gasteiger partial charge in [-0.1, -0.05) is 20.3 Å². The normalized spacial score (nSPS) is 19.9. The summed E-state index contributed by atoms with van der Waals surface area (Å²) >= 11 is 1.44. The van der Waals surface area contributed by atoms with Crippen LogP contribution >= 0.6 is 11.3 Å². The number of aromatic carboxylic acids is 1. The number of nitrogens with zero attached hydrogens (tertiary/aromatic N) is 2. The average Bonchev–Trinajstić information content (AvgIpc) is 2.81. The van der Waals surface area contributed by atoms with Crippen LogP contribution in [0.1, 0.15) is 48.6 Å². The van der Waals surface area contributed by atoms with E-state index < -0.39 is 5.97 Å². The van der Waals surface area contributed by atoms with Gasteiger partial charge in [0.25, 0.3) is 0 Å². The van der Waals surface area contributed by atoms with E-state index in [9.17, 15) is 4.79 Å². The topological polar surface area (TPSA) is 53.4 Å². The molecular weight excluding hydrogens is 248 g/mol. The second kappa shape index (κ2) is 5.36. The Labute approximate surface area is 112 Å². The molecule has 5 heteroatoms. The predicted molar refractivity (Wildman–Crippen MR) is 72.0 cm³/mol. The highest BCUT2D eigenvalue weighted by Gasteiger charge is 2.28. The van der Waals surface area contributed by atoms with Crippen LogP contribution in [-0.4, -0.2) is 34.0 Å². The molecule has 1 aromatic heterocycles. The van der Waals surface area contributed by atoms with Crippen LogP contribution < -0.4 is 0 Å². The van der Waals surface area contributed by atoms with Gasteiger partial charge < -0.3 is 5.11 Å². The van der Waals surface area contributed by atoms with E-state index >= 15 is 0 Å². The molecule has 0 saturated carbocycles. The fraction of sp³-hybridized carbons (Fsp3) is 0.692. The van der Waals surface area contributed by atoms with Gasteiger partial charge in [0, 0.05) is 5.38 Å². The van der Waals surface area contributed by atoms with E-state index in [2.05, 4.69) is 23.7 Å². The van der Waals surface area contributed by atoms with Crippen molar-refractivity contribution in [3.05, 3.63) is 16.1 Å². The van der Waals surface area contributed by atoms with Crippen molar-refractivity contribution >= 4 is 17.3 Å². The SMILES string of the molecule is CCC1(C)CCN(Cc2nc(C(=O)O)cs2)CC1. The van der Waals surface area contributed by atoms with Gasteiger partial charge in [0.1, 0.15) is 5.01 Å². The van der Waals surface area contributed by atoms with Crippen LogP contribution in [0.3, 0.4) is 0 Å². The third-order valence-electron chi connectivity index (χ3n) is 4.05. The van der Waals surface area contributed by atoms with Crippen LogP contribution in [0.5, 0.6) is 0 Å². The number of hydrogen-bond donors (Lipinski definition) is 1. The largest absolute Gasteiger partial charge is 0.476 e. The van der Waals surface area contributed by atoms with Crippen molar-refractivity contribution in [2.24, 2.45) is 5.41 Å². The van der Waals surface area contributed by atoms with E-state index in [-0.39, 0.29) is 5.69 Å². The number of carboxylic acid groups (broad SMARTS) is 1. The molecule has 0 spiro atoms. The number of carbonyl (C=O) groups is 1. The third-order valence-corrected chi connectivity index (χ3v) is 4.88. The molecule has 0 aromatic carbocycles. The van der Waals surface area contributed by atoms with Gasteiger partial charge in [0.2, 0.25) is 0 Å². The Morgan fingerprint density at radius 2 is 2.22 bits per heavy atom. The number of hydrogen-bond acceptors (Lipinski definition) is 4. The van der Waals surface area contributed by atoms with E-state index in [4.69, 9.17) is 5.11 Å². The van der Waals surface area contributed by atoms with Crippen LogP contribution in [0.2, 0.25) is 0 Å². The summed E-state index contributed by atoms with van der Waals surface area (Å²) in [6, 6.07) is 0. The maximum atomic E-state index is 10.8. The minimum Gasteiger partial charge on any atom is -0.476 e. The van der Waals surface area contributed by atoms with Gasteiger partial charge in [-0.2, -0.15) is 0 Å². The summed E-state index contributed by atoms with van der Waals surface area (Å²) in [6.45, 7) is 7.59. The molecule has 2 rings (SSSR count). The molecule has 0 bridgehead atoms. The maximum absolute atomic E-state index is 10.8. The van der Waals surface area contributed by atoms with Crippen molar-refractivity contribution in [3.8, 4) is 0 Å². The number of aromatic nitrogens is 1. The first-order valence-electron chi connectivity index (χ1n) is 6.42. The summed E-state index contributed by atoms with van der Waals surface area (Å²) in [4.78, 5) is 17.3. The van der Waals surface area contributed by atoms with Gasteiger partial charge in [-0.25, -0.2) is 9.78 Å². The summed E-state index contributed by atoms with van der Waals surface area (Å²) in [6.07, 6.45) is 3.68. The Hall–Kier alpha value is -0.940. The second-order valence-electron chi connectivity index (χ2n) is 5.37. The monoisotopic (exact) mass is 268 g/mol. The lowest BCUT2D eigenvalue weighted by molar-refractivity contribution is 0.0690. The van der Waals surface area contributed by atoms with Crippen molar-refractivity contribution in [2.45, 2.75) is 39.7 Å². The summed E-state index contributed by atoms with van der Waals surface area (Å²) in [5.41, 5.74) is 0.663. The molecule has 1 aliphatic rings. The van der Waals surface area contributed by atoms with E-state index in [0.717, 1.165) is 24.6 Å². The molecule has 2 heterocycles. The molecule has 1 aromatic rings. The standard InChI is InChI=1S/C13H20N2O2S/c1-3-13(2)4-6-15(7-5-13)8-11-14-10(9-18-11)12(16)17/h9H,3-8H2,1-2H3,(H,16,17).